The molecule has 0 saturated carbocycles. The zero-order valence-electron chi connectivity index (χ0n) is 20.2. The Morgan fingerprint density at radius 1 is 1.22 bits per heavy atom. The number of amides is 1. The fourth-order valence-electron chi connectivity index (χ4n) is 4.28. The highest BCUT2D eigenvalue weighted by molar-refractivity contribution is 7.99. The van der Waals surface area contributed by atoms with Crippen LogP contribution in [-0.2, 0) is 17.6 Å². The Bertz CT molecular complexity index is 1530. The van der Waals surface area contributed by atoms with Crippen molar-refractivity contribution in [2.24, 2.45) is 5.10 Å². The second-order valence-electron chi connectivity index (χ2n) is 8.46. The predicted molar refractivity (Wildman–Crippen MR) is 146 cm³/mol. The normalized spacial score (nSPS) is 13.1. The topological polar surface area (TPSA) is 85.6 Å². The summed E-state index contributed by atoms with van der Waals surface area (Å²) in [6.45, 7) is 2.46. The summed E-state index contributed by atoms with van der Waals surface area (Å²) in [5.74, 6) is -0.127. The molecule has 0 spiro atoms. The van der Waals surface area contributed by atoms with Crippen molar-refractivity contribution in [1.29, 1.82) is 0 Å². The van der Waals surface area contributed by atoms with Crippen molar-refractivity contribution in [3.05, 3.63) is 80.7 Å². The molecular formula is C27H25FN4O3S2. The number of halogens is 1. The van der Waals surface area contributed by atoms with Crippen LogP contribution in [0, 0.1) is 5.82 Å². The Morgan fingerprint density at radius 2 is 2.00 bits per heavy atom. The van der Waals surface area contributed by atoms with Crippen LogP contribution in [0.1, 0.15) is 35.8 Å². The fraction of sp³-hybridized carbons (Fsp3) is 0.259. The molecule has 2 aromatic heterocycles. The molecule has 190 valence electrons. The van der Waals surface area contributed by atoms with E-state index in [2.05, 4.69) is 10.5 Å². The molecule has 2 heterocycles. The molecule has 1 aliphatic carbocycles. The van der Waals surface area contributed by atoms with Crippen LogP contribution in [0.5, 0.6) is 5.75 Å². The molecule has 0 saturated heterocycles. The van der Waals surface area contributed by atoms with Crippen molar-refractivity contribution in [1.82, 2.24) is 15.0 Å². The lowest BCUT2D eigenvalue weighted by Crippen LogP contribution is -2.24. The van der Waals surface area contributed by atoms with Gasteiger partial charge in [0.1, 0.15) is 16.4 Å². The summed E-state index contributed by atoms with van der Waals surface area (Å²) in [5.41, 5.74) is 4.32. The first-order valence-corrected chi connectivity index (χ1v) is 13.8. The van der Waals surface area contributed by atoms with Crippen molar-refractivity contribution in [2.45, 2.75) is 37.8 Å². The summed E-state index contributed by atoms with van der Waals surface area (Å²) in [6, 6.07) is 13.4. The molecule has 7 nitrogen and oxygen atoms in total. The SMILES string of the molecule is CCOc1ccc(-n2c(SCC(=O)NN=Cc3ccccc3F)nc3sc4c(c3c2=O)CCCC4)cc1. The maximum atomic E-state index is 13.8. The Hall–Kier alpha value is -3.50. The molecule has 0 unspecified atom stereocenters. The smallest absolute Gasteiger partial charge is 0.267 e. The first-order chi connectivity index (χ1) is 18.0. The van der Waals surface area contributed by atoms with Crippen LogP contribution in [0.3, 0.4) is 0 Å². The van der Waals surface area contributed by atoms with Gasteiger partial charge >= 0.3 is 0 Å². The summed E-state index contributed by atoms with van der Waals surface area (Å²) in [6.07, 6.45) is 5.27. The van der Waals surface area contributed by atoms with Crippen LogP contribution in [0.15, 0.2) is 63.6 Å². The highest BCUT2D eigenvalue weighted by atomic mass is 32.2. The van der Waals surface area contributed by atoms with Crippen LogP contribution in [-0.4, -0.2) is 34.0 Å². The number of carbonyl (C=O) groups is 1. The van der Waals surface area contributed by atoms with E-state index >= 15 is 0 Å². The van der Waals surface area contributed by atoms with Crippen LogP contribution in [0.4, 0.5) is 4.39 Å². The number of aryl methyl sites for hydroxylation is 2. The third-order valence-corrected chi connectivity index (χ3v) is 8.12. The molecule has 37 heavy (non-hydrogen) atoms. The van der Waals surface area contributed by atoms with Gasteiger partial charge in [0.25, 0.3) is 11.5 Å². The lowest BCUT2D eigenvalue weighted by Gasteiger charge is -2.14. The number of thiophene rings is 1. The Balaban J connectivity index is 1.44. The van der Waals surface area contributed by atoms with E-state index in [0.29, 0.717) is 33.4 Å². The average Bonchev–Trinajstić information content (AvgIpc) is 3.28. The van der Waals surface area contributed by atoms with Crippen LogP contribution in [0.25, 0.3) is 15.9 Å². The molecule has 1 amide bonds. The lowest BCUT2D eigenvalue weighted by atomic mass is 9.97. The first kappa shape index (κ1) is 25.2. The van der Waals surface area contributed by atoms with E-state index in [0.717, 1.165) is 43.0 Å². The maximum absolute atomic E-state index is 13.8. The minimum absolute atomic E-state index is 0.0192. The minimum atomic E-state index is -0.426. The van der Waals surface area contributed by atoms with Gasteiger partial charge in [0.15, 0.2) is 5.16 Å². The second-order valence-corrected chi connectivity index (χ2v) is 10.5. The number of rotatable bonds is 8. The fourth-order valence-corrected chi connectivity index (χ4v) is 6.39. The molecule has 0 fully saturated rings. The first-order valence-electron chi connectivity index (χ1n) is 12.0. The largest absolute Gasteiger partial charge is 0.494 e. The number of hydrogen-bond acceptors (Lipinski definition) is 7. The number of nitrogens with zero attached hydrogens (tertiary/aromatic N) is 3. The number of hydrogen-bond donors (Lipinski definition) is 1. The zero-order chi connectivity index (χ0) is 25.8. The van der Waals surface area contributed by atoms with Gasteiger partial charge in [-0.3, -0.25) is 14.2 Å². The van der Waals surface area contributed by atoms with E-state index in [4.69, 9.17) is 9.72 Å². The number of thioether (sulfide) groups is 1. The quantitative estimate of drug-likeness (QED) is 0.146. The van der Waals surface area contributed by atoms with E-state index in [1.807, 2.05) is 31.2 Å². The Kier molecular flexibility index (Phi) is 7.66. The predicted octanol–water partition coefficient (Wildman–Crippen LogP) is 5.11. The van der Waals surface area contributed by atoms with Crippen molar-refractivity contribution in [3.8, 4) is 11.4 Å². The second kappa shape index (κ2) is 11.3. The molecule has 0 radical (unpaired) electrons. The van der Waals surface area contributed by atoms with Gasteiger partial charge in [-0.05, 0) is 68.5 Å². The van der Waals surface area contributed by atoms with E-state index < -0.39 is 11.7 Å². The average molecular weight is 537 g/mol. The number of nitrogens with one attached hydrogen (secondary N) is 1. The van der Waals surface area contributed by atoms with Crippen molar-refractivity contribution in [2.75, 3.05) is 12.4 Å². The molecule has 1 aliphatic rings. The summed E-state index contributed by atoms with van der Waals surface area (Å²) >= 11 is 2.73. The maximum Gasteiger partial charge on any atom is 0.267 e. The molecular weight excluding hydrogens is 511 g/mol. The van der Waals surface area contributed by atoms with E-state index in [-0.39, 0.29) is 16.9 Å². The van der Waals surface area contributed by atoms with Gasteiger partial charge in [-0.25, -0.2) is 14.8 Å². The number of aromatic nitrogens is 2. The number of fused-ring (bicyclic) bond motifs is 3. The summed E-state index contributed by atoms with van der Waals surface area (Å²) in [5, 5.41) is 4.96. The van der Waals surface area contributed by atoms with Gasteiger partial charge in [0, 0.05) is 10.4 Å². The van der Waals surface area contributed by atoms with Gasteiger partial charge in [-0.15, -0.1) is 11.3 Å². The third-order valence-electron chi connectivity index (χ3n) is 5.99. The summed E-state index contributed by atoms with van der Waals surface area (Å²) < 4.78 is 20.9. The molecule has 5 rings (SSSR count). The van der Waals surface area contributed by atoms with Crippen LogP contribution >= 0.6 is 23.1 Å². The van der Waals surface area contributed by atoms with Crippen molar-refractivity contribution in [3.63, 3.8) is 0 Å². The number of hydrazone groups is 1. The number of ether oxygens (including phenoxy) is 1. The molecule has 4 aromatic rings. The van der Waals surface area contributed by atoms with Gasteiger partial charge in [-0.2, -0.15) is 5.10 Å². The molecule has 0 aliphatic heterocycles. The van der Waals surface area contributed by atoms with Gasteiger partial charge in [0.2, 0.25) is 0 Å². The highest BCUT2D eigenvalue weighted by Crippen LogP contribution is 2.35. The summed E-state index contributed by atoms with van der Waals surface area (Å²) in [4.78, 5) is 33.1. The third kappa shape index (κ3) is 5.45. The minimum Gasteiger partial charge on any atom is -0.494 e. The highest BCUT2D eigenvalue weighted by Gasteiger charge is 2.23. The lowest BCUT2D eigenvalue weighted by molar-refractivity contribution is -0.118. The standard InChI is InChI=1S/C27H25FN4O3S2/c1-2-35-19-13-11-18(12-14-19)32-26(34)24-20-8-4-6-10-22(20)37-25(24)30-27(32)36-16-23(33)31-29-15-17-7-3-5-9-21(17)28/h3,5,7,9,11-15H,2,4,6,8,10,16H2,1H3,(H,31,33). The molecule has 2 aromatic carbocycles. The number of benzene rings is 2. The Morgan fingerprint density at radius 3 is 2.78 bits per heavy atom. The zero-order valence-corrected chi connectivity index (χ0v) is 21.8. The number of carbonyl (C=O) groups excluding carboxylic acids is 1. The van der Waals surface area contributed by atoms with Crippen molar-refractivity contribution < 1.29 is 13.9 Å². The monoisotopic (exact) mass is 536 g/mol. The van der Waals surface area contributed by atoms with Gasteiger partial charge in [-0.1, -0.05) is 30.0 Å². The van der Waals surface area contributed by atoms with Crippen molar-refractivity contribution >= 4 is 45.4 Å². The van der Waals surface area contributed by atoms with Crippen LogP contribution < -0.4 is 15.7 Å². The molecule has 10 heteroatoms. The van der Waals surface area contributed by atoms with E-state index in [1.165, 1.54) is 17.2 Å². The summed E-state index contributed by atoms with van der Waals surface area (Å²) in [7, 11) is 0. The van der Waals surface area contributed by atoms with Crippen LogP contribution in [0.2, 0.25) is 0 Å². The van der Waals surface area contributed by atoms with E-state index in [1.54, 1.807) is 34.1 Å². The van der Waals surface area contributed by atoms with E-state index in [9.17, 15) is 14.0 Å². The van der Waals surface area contributed by atoms with Gasteiger partial charge < -0.3 is 4.74 Å². The Labute approximate surface area is 221 Å². The molecule has 0 atom stereocenters. The molecule has 1 N–H and O–H groups in total. The van der Waals surface area contributed by atoms with Gasteiger partial charge in [0.05, 0.1) is 29.6 Å². The molecule has 0 bridgehead atoms.